The highest BCUT2D eigenvalue weighted by Crippen LogP contribution is 2.24. The third-order valence-electron chi connectivity index (χ3n) is 4.33. The molecular weight excluding hydrogens is 370 g/mol. The van der Waals surface area contributed by atoms with Crippen molar-refractivity contribution in [1.82, 2.24) is 15.8 Å². The topological polar surface area (TPSA) is 93.5 Å². The van der Waals surface area contributed by atoms with Crippen molar-refractivity contribution < 1.29 is 18.7 Å². The molecule has 0 spiro atoms. The van der Waals surface area contributed by atoms with Crippen LogP contribution in [0.15, 0.2) is 77.5 Å². The first-order valence-electron chi connectivity index (χ1n) is 8.88. The number of hydrazine groups is 1. The zero-order valence-electron chi connectivity index (χ0n) is 15.5. The Labute approximate surface area is 166 Å². The maximum absolute atomic E-state index is 12.4. The fourth-order valence-electron chi connectivity index (χ4n) is 2.85. The van der Waals surface area contributed by atoms with Crippen molar-refractivity contribution in [2.24, 2.45) is 0 Å². The van der Waals surface area contributed by atoms with Gasteiger partial charge in [-0.15, -0.1) is 0 Å². The Morgan fingerprint density at radius 3 is 2.38 bits per heavy atom. The summed E-state index contributed by atoms with van der Waals surface area (Å²) >= 11 is 0. The maximum atomic E-state index is 12.4. The number of nitrogens with zero attached hydrogens (tertiary/aromatic N) is 1. The summed E-state index contributed by atoms with van der Waals surface area (Å²) in [6.07, 6.45) is 3.25. The summed E-state index contributed by atoms with van der Waals surface area (Å²) in [5, 5.41) is 0.855. The highest BCUT2D eigenvalue weighted by atomic mass is 16.5. The number of fused-ring (bicyclic) bond motifs is 1. The summed E-state index contributed by atoms with van der Waals surface area (Å²) in [4.78, 5) is 28.7. The first-order valence-corrected chi connectivity index (χ1v) is 8.88. The first kappa shape index (κ1) is 18.2. The molecule has 4 aromatic rings. The molecule has 4 rings (SSSR count). The van der Waals surface area contributed by atoms with E-state index in [4.69, 9.17) is 9.15 Å². The third-order valence-corrected chi connectivity index (χ3v) is 4.33. The van der Waals surface area contributed by atoms with Gasteiger partial charge in [-0.1, -0.05) is 18.2 Å². The Kier molecular flexibility index (Phi) is 4.94. The average Bonchev–Trinajstić information content (AvgIpc) is 3.10. The van der Waals surface area contributed by atoms with Crippen molar-refractivity contribution >= 4 is 22.8 Å². The number of furan rings is 1. The summed E-state index contributed by atoms with van der Waals surface area (Å²) in [5.41, 5.74) is 6.46. The molecule has 144 valence electrons. The van der Waals surface area contributed by atoms with Crippen LogP contribution < -0.4 is 15.6 Å². The van der Waals surface area contributed by atoms with Gasteiger partial charge in [0.25, 0.3) is 5.91 Å². The minimum absolute atomic E-state index is 0.159. The lowest BCUT2D eigenvalue weighted by atomic mass is 10.1. The number of para-hydroxylation sites is 1. The molecule has 0 aliphatic carbocycles. The lowest BCUT2D eigenvalue weighted by molar-refractivity contribution is 0.0831. The van der Waals surface area contributed by atoms with E-state index in [1.165, 1.54) is 0 Å². The Bertz CT molecular complexity index is 1170. The molecule has 2 aromatic heterocycles. The zero-order valence-corrected chi connectivity index (χ0v) is 15.5. The van der Waals surface area contributed by atoms with Crippen molar-refractivity contribution in [3.8, 4) is 11.5 Å². The highest BCUT2D eigenvalue weighted by Gasteiger charge is 2.18. The normalized spacial score (nSPS) is 10.5. The molecule has 0 saturated heterocycles. The molecule has 0 aliphatic rings. The molecular formula is C22H17N3O4. The molecule has 2 heterocycles. The van der Waals surface area contributed by atoms with Gasteiger partial charge < -0.3 is 9.15 Å². The number of rotatable bonds is 4. The largest absolute Gasteiger partial charge is 0.456 e. The smallest absolute Gasteiger partial charge is 0.305 e. The molecule has 0 bridgehead atoms. The van der Waals surface area contributed by atoms with Crippen molar-refractivity contribution in [3.05, 3.63) is 89.9 Å². The number of carbonyl (C=O) groups is 2. The first-order chi connectivity index (χ1) is 14.1. The van der Waals surface area contributed by atoms with E-state index in [-0.39, 0.29) is 5.76 Å². The molecule has 0 aliphatic heterocycles. The summed E-state index contributed by atoms with van der Waals surface area (Å²) < 4.78 is 11.2. The summed E-state index contributed by atoms with van der Waals surface area (Å²) in [5.74, 6) is 0.338. The van der Waals surface area contributed by atoms with Crippen LogP contribution in [0.5, 0.6) is 11.5 Å². The predicted octanol–water partition coefficient (Wildman–Crippen LogP) is 4.00. The van der Waals surface area contributed by atoms with Crippen LogP contribution in [0.3, 0.4) is 0 Å². The fourth-order valence-corrected chi connectivity index (χ4v) is 2.85. The van der Waals surface area contributed by atoms with E-state index in [0.29, 0.717) is 28.2 Å². The molecule has 0 saturated carbocycles. The molecule has 0 unspecified atom stereocenters. The number of benzene rings is 2. The number of hydrogen-bond donors (Lipinski definition) is 2. The van der Waals surface area contributed by atoms with Gasteiger partial charge in [0.2, 0.25) is 0 Å². The van der Waals surface area contributed by atoms with Crippen molar-refractivity contribution in [3.63, 3.8) is 0 Å². The molecule has 2 aromatic carbocycles. The van der Waals surface area contributed by atoms with Gasteiger partial charge in [0.1, 0.15) is 17.1 Å². The summed E-state index contributed by atoms with van der Waals surface area (Å²) in [7, 11) is 0. The van der Waals surface area contributed by atoms with Crippen LogP contribution in [0, 0.1) is 6.92 Å². The SMILES string of the molecule is Cc1c(C(=O)NNC(=O)c2ccc(Oc3cccnc3)cc2)oc2ccccc12. The molecule has 2 N–H and O–H groups in total. The van der Waals surface area contributed by atoms with Gasteiger partial charge in [-0.3, -0.25) is 25.4 Å². The second kappa shape index (κ2) is 7.85. The van der Waals surface area contributed by atoms with Gasteiger partial charge in [0.15, 0.2) is 5.76 Å². The van der Waals surface area contributed by atoms with Gasteiger partial charge in [0, 0.05) is 22.7 Å². The third kappa shape index (κ3) is 3.93. The van der Waals surface area contributed by atoms with Crippen molar-refractivity contribution in [2.75, 3.05) is 0 Å². The number of aryl methyl sites for hydroxylation is 1. The fraction of sp³-hybridized carbons (Fsp3) is 0.0455. The van der Waals surface area contributed by atoms with Crippen LogP contribution in [0.2, 0.25) is 0 Å². The van der Waals surface area contributed by atoms with Crippen LogP contribution in [0.1, 0.15) is 26.5 Å². The Morgan fingerprint density at radius 2 is 1.66 bits per heavy atom. The van der Waals surface area contributed by atoms with E-state index >= 15 is 0 Å². The quantitative estimate of drug-likeness (QED) is 0.516. The van der Waals surface area contributed by atoms with E-state index in [2.05, 4.69) is 15.8 Å². The van der Waals surface area contributed by atoms with Crippen molar-refractivity contribution in [2.45, 2.75) is 6.92 Å². The highest BCUT2D eigenvalue weighted by molar-refractivity contribution is 6.01. The lowest BCUT2D eigenvalue weighted by Crippen LogP contribution is -2.41. The molecule has 0 fully saturated rings. The summed E-state index contributed by atoms with van der Waals surface area (Å²) in [6, 6.07) is 17.4. The predicted molar refractivity (Wildman–Crippen MR) is 107 cm³/mol. The number of ether oxygens (including phenoxy) is 1. The van der Waals surface area contributed by atoms with E-state index < -0.39 is 11.8 Å². The van der Waals surface area contributed by atoms with Gasteiger partial charge in [0.05, 0.1) is 6.20 Å². The summed E-state index contributed by atoms with van der Waals surface area (Å²) in [6.45, 7) is 1.80. The zero-order chi connectivity index (χ0) is 20.2. The number of amides is 2. The second-order valence-electron chi connectivity index (χ2n) is 6.28. The standard InChI is InChI=1S/C22H17N3O4/c1-14-18-6-2-3-7-19(18)29-20(14)22(27)25-24-21(26)15-8-10-16(11-9-15)28-17-5-4-12-23-13-17/h2-13H,1H3,(H,24,26)(H,25,27). The van der Waals surface area contributed by atoms with Crippen LogP contribution in [-0.4, -0.2) is 16.8 Å². The van der Waals surface area contributed by atoms with Gasteiger partial charge >= 0.3 is 5.91 Å². The van der Waals surface area contributed by atoms with Crippen molar-refractivity contribution in [1.29, 1.82) is 0 Å². The molecule has 7 nitrogen and oxygen atoms in total. The molecule has 7 heteroatoms. The van der Waals surface area contributed by atoms with Crippen LogP contribution in [0.4, 0.5) is 0 Å². The second-order valence-corrected chi connectivity index (χ2v) is 6.28. The number of hydrogen-bond acceptors (Lipinski definition) is 5. The molecule has 0 radical (unpaired) electrons. The van der Waals surface area contributed by atoms with Gasteiger partial charge in [-0.25, -0.2) is 0 Å². The lowest BCUT2D eigenvalue weighted by Gasteiger charge is -2.08. The van der Waals surface area contributed by atoms with E-state index in [9.17, 15) is 9.59 Å². The number of pyridine rings is 1. The number of aromatic nitrogens is 1. The average molecular weight is 387 g/mol. The van der Waals surface area contributed by atoms with Crippen LogP contribution >= 0.6 is 0 Å². The van der Waals surface area contributed by atoms with Crippen LogP contribution in [-0.2, 0) is 0 Å². The Hall–Kier alpha value is -4.13. The van der Waals surface area contributed by atoms with E-state index in [0.717, 1.165) is 5.39 Å². The van der Waals surface area contributed by atoms with E-state index in [1.807, 2.05) is 18.2 Å². The minimum Gasteiger partial charge on any atom is -0.456 e. The number of carbonyl (C=O) groups excluding carboxylic acids is 2. The molecule has 2 amide bonds. The molecule has 0 atom stereocenters. The molecule has 29 heavy (non-hydrogen) atoms. The monoisotopic (exact) mass is 387 g/mol. The number of nitrogens with one attached hydrogen (secondary N) is 2. The Morgan fingerprint density at radius 1 is 0.897 bits per heavy atom. The van der Waals surface area contributed by atoms with Crippen LogP contribution in [0.25, 0.3) is 11.0 Å². The minimum atomic E-state index is -0.524. The van der Waals surface area contributed by atoms with Gasteiger partial charge in [-0.05, 0) is 49.4 Å². The van der Waals surface area contributed by atoms with Gasteiger partial charge in [-0.2, -0.15) is 0 Å². The maximum Gasteiger partial charge on any atom is 0.305 e. The Balaban J connectivity index is 1.39. The van der Waals surface area contributed by atoms with E-state index in [1.54, 1.807) is 61.8 Å².